The van der Waals surface area contributed by atoms with Crippen molar-refractivity contribution in [2.75, 3.05) is 5.32 Å². The molecule has 6 nitrogen and oxygen atoms in total. The van der Waals surface area contributed by atoms with Crippen LogP contribution in [0, 0.1) is 0 Å². The summed E-state index contributed by atoms with van der Waals surface area (Å²) in [6.45, 7) is 3.53. The molecular formula is C18H20ClN3O3. The molecule has 7 heteroatoms. The number of nitrogens with two attached hydrogens (primary N) is 1. The molecule has 0 unspecified atom stereocenters. The number of primary amides is 1. The van der Waals surface area contributed by atoms with Crippen molar-refractivity contribution in [1.82, 2.24) is 5.32 Å². The van der Waals surface area contributed by atoms with Gasteiger partial charge in [0.05, 0.1) is 6.04 Å². The first-order valence-corrected chi connectivity index (χ1v) is 8.12. The Kier molecular flexibility index (Phi) is 6.25. The zero-order valence-corrected chi connectivity index (χ0v) is 14.7. The number of hydrogen-bond donors (Lipinski definition) is 3. The number of carbonyl (C=O) groups is 2. The maximum atomic E-state index is 12.3. The van der Waals surface area contributed by atoms with Crippen LogP contribution in [0.15, 0.2) is 48.5 Å². The summed E-state index contributed by atoms with van der Waals surface area (Å²) in [5.74, 6) is 0.288. The van der Waals surface area contributed by atoms with E-state index in [0.29, 0.717) is 16.5 Å². The largest absolute Gasteiger partial charge is 0.481 e. The number of urea groups is 1. The highest BCUT2D eigenvalue weighted by Gasteiger charge is 2.18. The van der Waals surface area contributed by atoms with Crippen molar-refractivity contribution in [3.63, 3.8) is 0 Å². The topological polar surface area (TPSA) is 93.4 Å². The van der Waals surface area contributed by atoms with E-state index < -0.39 is 12.1 Å². The van der Waals surface area contributed by atoms with Crippen LogP contribution < -0.4 is 21.1 Å². The number of benzene rings is 2. The minimum Gasteiger partial charge on any atom is -0.481 e. The van der Waals surface area contributed by atoms with E-state index in [-0.39, 0.29) is 11.9 Å². The number of amides is 3. The molecule has 0 heterocycles. The quantitative estimate of drug-likeness (QED) is 0.735. The van der Waals surface area contributed by atoms with Crippen molar-refractivity contribution < 1.29 is 14.3 Å². The highest BCUT2D eigenvalue weighted by Crippen LogP contribution is 2.19. The number of anilines is 1. The summed E-state index contributed by atoms with van der Waals surface area (Å²) in [7, 11) is 0. The number of ether oxygens (including phenoxy) is 1. The summed E-state index contributed by atoms with van der Waals surface area (Å²) in [5, 5.41) is 5.91. The van der Waals surface area contributed by atoms with Gasteiger partial charge in [0.15, 0.2) is 6.10 Å². The summed E-state index contributed by atoms with van der Waals surface area (Å²) in [4.78, 5) is 23.1. The van der Waals surface area contributed by atoms with Crippen LogP contribution in [0.3, 0.4) is 0 Å². The minimum atomic E-state index is -0.670. The second kappa shape index (κ2) is 8.39. The van der Waals surface area contributed by atoms with Crippen molar-refractivity contribution in [2.24, 2.45) is 5.73 Å². The van der Waals surface area contributed by atoms with Crippen LogP contribution >= 0.6 is 11.6 Å². The predicted molar refractivity (Wildman–Crippen MR) is 97.7 cm³/mol. The lowest BCUT2D eigenvalue weighted by Gasteiger charge is -2.19. The van der Waals surface area contributed by atoms with Gasteiger partial charge in [-0.15, -0.1) is 0 Å². The first kappa shape index (κ1) is 18.6. The molecule has 2 aromatic carbocycles. The van der Waals surface area contributed by atoms with Gasteiger partial charge in [0, 0.05) is 10.7 Å². The molecule has 3 amide bonds. The highest BCUT2D eigenvalue weighted by molar-refractivity contribution is 6.30. The fourth-order valence-corrected chi connectivity index (χ4v) is 2.39. The number of rotatable bonds is 6. The molecule has 0 radical (unpaired) electrons. The van der Waals surface area contributed by atoms with Crippen molar-refractivity contribution in [2.45, 2.75) is 26.0 Å². The number of hydrogen-bond acceptors (Lipinski definition) is 3. The molecule has 0 aromatic heterocycles. The van der Waals surface area contributed by atoms with Crippen LogP contribution in [-0.2, 0) is 4.79 Å². The Morgan fingerprint density at radius 2 is 1.80 bits per heavy atom. The predicted octanol–water partition coefficient (Wildman–Crippen LogP) is 3.48. The van der Waals surface area contributed by atoms with Crippen LogP contribution in [0.4, 0.5) is 10.5 Å². The Hall–Kier alpha value is -2.73. The molecular weight excluding hydrogens is 342 g/mol. The molecule has 0 saturated carbocycles. The fourth-order valence-electron chi connectivity index (χ4n) is 2.21. The number of halogens is 1. The highest BCUT2D eigenvalue weighted by atomic mass is 35.5. The number of nitrogens with one attached hydrogen (secondary N) is 2. The van der Waals surface area contributed by atoms with Crippen molar-refractivity contribution in [3.8, 4) is 5.75 Å². The molecule has 25 heavy (non-hydrogen) atoms. The summed E-state index contributed by atoms with van der Waals surface area (Å²) in [6.07, 6.45) is -0.670. The van der Waals surface area contributed by atoms with Gasteiger partial charge in [0.25, 0.3) is 5.91 Å². The van der Waals surface area contributed by atoms with E-state index in [2.05, 4.69) is 10.6 Å². The monoisotopic (exact) mass is 361 g/mol. The Labute approximate surface area is 151 Å². The van der Waals surface area contributed by atoms with Gasteiger partial charge in [-0.05, 0) is 49.7 Å². The molecule has 2 atom stereocenters. The molecule has 0 aliphatic carbocycles. The van der Waals surface area contributed by atoms with Crippen molar-refractivity contribution in [1.29, 1.82) is 0 Å². The average Bonchev–Trinajstić information content (AvgIpc) is 2.54. The summed E-state index contributed by atoms with van der Waals surface area (Å²) < 4.78 is 5.60. The SMILES string of the molecule is C[C@H](NC(=O)[C@@H](C)Oc1cccc(Cl)c1)c1ccc(NC(N)=O)cc1. The molecule has 0 aliphatic heterocycles. The Balaban J connectivity index is 1.93. The molecule has 0 fully saturated rings. The van der Waals surface area contributed by atoms with Gasteiger partial charge >= 0.3 is 6.03 Å². The summed E-state index contributed by atoms with van der Waals surface area (Å²) >= 11 is 5.90. The zero-order chi connectivity index (χ0) is 18.4. The Morgan fingerprint density at radius 3 is 2.40 bits per heavy atom. The third-order valence-corrected chi connectivity index (χ3v) is 3.75. The molecule has 4 N–H and O–H groups in total. The lowest BCUT2D eigenvalue weighted by molar-refractivity contribution is -0.127. The van der Waals surface area contributed by atoms with E-state index in [1.165, 1.54) is 0 Å². The van der Waals surface area contributed by atoms with E-state index in [0.717, 1.165) is 5.56 Å². The Bertz CT molecular complexity index is 749. The summed E-state index contributed by atoms with van der Waals surface area (Å²) in [6, 6.07) is 13.1. The first-order valence-electron chi connectivity index (χ1n) is 7.74. The second-order valence-corrected chi connectivity index (χ2v) is 6.00. The van der Waals surface area contributed by atoms with E-state index >= 15 is 0 Å². The second-order valence-electron chi connectivity index (χ2n) is 5.56. The third kappa shape index (κ3) is 5.69. The van der Waals surface area contributed by atoms with Crippen LogP contribution in [0.1, 0.15) is 25.5 Å². The smallest absolute Gasteiger partial charge is 0.316 e. The third-order valence-electron chi connectivity index (χ3n) is 3.52. The lowest BCUT2D eigenvalue weighted by atomic mass is 10.1. The molecule has 0 bridgehead atoms. The van der Waals surface area contributed by atoms with Crippen molar-refractivity contribution >= 4 is 29.2 Å². The van der Waals surface area contributed by atoms with Gasteiger partial charge in [0.1, 0.15) is 5.75 Å². The maximum absolute atomic E-state index is 12.3. The molecule has 0 aliphatic rings. The molecule has 0 saturated heterocycles. The molecule has 132 valence electrons. The fraction of sp³-hybridized carbons (Fsp3) is 0.222. The lowest BCUT2D eigenvalue weighted by Crippen LogP contribution is -2.37. The number of carbonyl (C=O) groups excluding carboxylic acids is 2. The molecule has 0 spiro atoms. The van der Waals surface area contributed by atoms with E-state index in [9.17, 15) is 9.59 Å². The maximum Gasteiger partial charge on any atom is 0.316 e. The minimum absolute atomic E-state index is 0.222. The van der Waals surface area contributed by atoms with Crippen molar-refractivity contribution in [3.05, 3.63) is 59.1 Å². The van der Waals surface area contributed by atoms with Crippen LogP contribution in [0.5, 0.6) is 5.75 Å². The van der Waals surface area contributed by atoms with E-state index in [1.54, 1.807) is 55.5 Å². The van der Waals surface area contributed by atoms with Gasteiger partial charge in [-0.2, -0.15) is 0 Å². The zero-order valence-electron chi connectivity index (χ0n) is 14.0. The van der Waals surface area contributed by atoms with E-state index in [1.807, 2.05) is 6.92 Å². The van der Waals surface area contributed by atoms with E-state index in [4.69, 9.17) is 22.1 Å². The first-order chi connectivity index (χ1) is 11.8. The van der Waals surface area contributed by atoms with Crippen LogP contribution in [0.25, 0.3) is 0 Å². The van der Waals surface area contributed by atoms with Gasteiger partial charge in [0.2, 0.25) is 0 Å². The van der Waals surface area contributed by atoms with Gasteiger partial charge in [-0.3, -0.25) is 4.79 Å². The van der Waals surface area contributed by atoms with Gasteiger partial charge < -0.3 is 21.1 Å². The molecule has 2 aromatic rings. The normalized spacial score (nSPS) is 12.8. The Morgan fingerprint density at radius 1 is 1.12 bits per heavy atom. The standard InChI is InChI=1S/C18H20ClN3O3/c1-11(13-6-8-15(9-7-13)22-18(20)24)21-17(23)12(2)25-16-5-3-4-14(19)10-16/h3-12H,1-2H3,(H,21,23)(H3,20,22,24)/t11-,12+/m0/s1. The van der Waals surface area contributed by atoms with Gasteiger partial charge in [-0.25, -0.2) is 4.79 Å². The summed E-state index contributed by atoms with van der Waals surface area (Å²) in [5.41, 5.74) is 6.54. The molecule has 2 rings (SSSR count). The van der Waals surface area contributed by atoms with Crippen LogP contribution in [-0.4, -0.2) is 18.0 Å². The van der Waals surface area contributed by atoms with Gasteiger partial charge in [-0.1, -0.05) is 29.8 Å². The van der Waals surface area contributed by atoms with Crippen LogP contribution in [0.2, 0.25) is 5.02 Å². The average molecular weight is 362 g/mol.